The van der Waals surface area contributed by atoms with Crippen molar-refractivity contribution < 1.29 is 4.74 Å². The van der Waals surface area contributed by atoms with Gasteiger partial charge in [0, 0.05) is 24.5 Å². The quantitative estimate of drug-likeness (QED) is 0.779. The minimum Gasteiger partial charge on any atom is -0.497 e. The van der Waals surface area contributed by atoms with Gasteiger partial charge in [-0.25, -0.2) is 4.98 Å². The van der Waals surface area contributed by atoms with E-state index in [9.17, 15) is 0 Å². The van der Waals surface area contributed by atoms with Gasteiger partial charge >= 0.3 is 0 Å². The Hall–Kier alpha value is -2.49. The third kappa shape index (κ3) is 2.01. The maximum Gasteiger partial charge on any atom is 0.144 e. The van der Waals surface area contributed by atoms with Crippen molar-refractivity contribution in [2.75, 3.05) is 19.5 Å². The molecule has 0 spiro atoms. The summed E-state index contributed by atoms with van der Waals surface area (Å²) in [6.07, 6.45) is 3.89. The van der Waals surface area contributed by atoms with E-state index in [1.54, 1.807) is 7.11 Å². The molecule has 0 saturated heterocycles. The SMILES string of the molecule is CNc1ccn2c(-c3cccc(OC)c3)ncc2c1. The van der Waals surface area contributed by atoms with Crippen LogP contribution in [0.3, 0.4) is 0 Å². The number of fused-ring (bicyclic) bond motifs is 1. The fraction of sp³-hybridized carbons (Fsp3) is 0.133. The van der Waals surface area contributed by atoms with Crippen LogP contribution in [0.1, 0.15) is 0 Å². The lowest BCUT2D eigenvalue weighted by atomic mass is 10.2. The number of methoxy groups -OCH3 is 1. The highest BCUT2D eigenvalue weighted by Gasteiger charge is 2.07. The van der Waals surface area contributed by atoms with E-state index in [0.29, 0.717) is 0 Å². The van der Waals surface area contributed by atoms with Crippen LogP contribution in [0.4, 0.5) is 5.69 Å². The topological polar surface area (TPSA) is 38.6 Å². The van der Waals surface area contributed by atoms with Gasteiger partial charge in [-0.15, -0.1) is 0 Å². The molecule has 3 rings (SSSR count). The molecule has 4 nitrogen and oxygen atoms in total. The van der Waals surface area contributed by atoms with E-state index in [1.807, 2.05) is 49.8 Å². The van der Waals surface area contributed by atoms with Crippen LogP contribution in [-0.2, 0) is 0 Å². The molecular weight excluding hydrogens is 238 g/mol. The van der Waals surface area contributed by atoms with Crippen molar-refractivity contribution in [1.29, 1.82) is 0 Å². The first-order valence-electron chi connectivity index (χ1n) is 6.11. The second-order valence-corrected chi connectivity index (χ2v) is 4.27. The molecule has 0 fully saturated rings. The van der Waals surface area contributed by atoms with Crippen LogP contribution in [-0.4, -0.2) is 23.5 Å². The largest absolute Gasteiger partial charge is 0.497 e. The molecule has 0 aliphatic heterocycles. The van der Waals surface area contributed by atoms with Crippen LogP contribution in [0.5, 0.6) is 5.75 Å². The molecule has 1 aromatic carbocycles. The van der Waals surface area contributed by atoms with E-state index < -0.39 is 0 Å². The standard InChI is InChI=1S/C15H15N3O/c1-16-12-6-7-18-13(9-12)10-17-15(18)11-4-3-5-14(8-11)19-2/h3-10,16H,1-2H3. The predicted octanol–water partition coefficient (Wildman–Crippen LogP) is 3.05. The fourth-order valence-electron chi connectivity index (χ4n) is 2.13. The van der Waals surface area contributed by atoms with Crippen molar-refractivity contribution >= 4 is 11.2 Å². The van der Waals surface area contributed by atoms with Crippen LogP contribution >= 0.6 is 0 Å². The first-order valence-corrected chi connectivity index (χ1v) is 6.11. The predicted molar refractivity (Wildman–Crippen MR) is 76.7 cm³/mol. The average Bonchev–Trinajstić information content (AvgIpc) is 2.90. The monoisotopic (exact) mass is 253 g/mol. The number of pyridine rings is 1. The molecule has 0 atom stereocenters. The minimum absolute atomic E-state index is 0.834. The zero-order chi connectivity index (χ0) is 13.2. The van der Waals surface area contributed by atoms with E-state index in [1.165, 1.54) is 0 Å². The maximum absolute atomic E-state index is 5.25. The van der Waals surface area contributed by atoms with Crippen molar-refractivity contribution in [3.05, 3.63) is 48.8 Å². The van der Waals surface area contributed by atoms with E-state index in [2.05, 4.69) is 20.8 Å². The summed E-state index contributed by atoms with van der Waals surface area (Å²) in [5.41, 5.74) is 3.17. The molecule has 0 amide bonds. The Morgan fingerprint density at radius 3 is 2.89 bits per heavy atom. The number of anilines is 1. The van der Waals surface area contributed by atoms with Crippen LogP contribution in [0.15, 0.2) is 48.8 Å². The van der Waals surface area contributed by atoms with E-state index >= 15 is 0 Å². The van der Waals surface area contributed by atoms with Crippen LogP contribution in [0.2, 0.25) is 0 Å². The van der Waals surface area contributed by atoms with Crippen molar-refractivity contribution in [3.8, 4) is 17.1 Å². The van der Waals surface area contributed by atoms with Gasteiger partial charge in [0.2, 0.25) is 0 Å². The van der Waals surface area contributed by atoms with E-state index in [-0.39, 0.29) is 0 Å². The third-order valence-electron chi connectivity index (χ3n) is 3.15. The van der Waals surface area contributed by atoms with Gasteiger partial charge < -0.3 is 10.1 Å². The summed E-state index contributed by atoms with van der Waals surface area (Å²) < 4.78 is 7.32. The summed E-state index contributed by atoms with van der Waals surface area (Å²) in [5, 5.41) is 3.13. The summed E-state index contributed by atoms with van der Waals surface area (Å²) in [6.45, 7) is 0. The lowest BCUT2D eigenvalue weighted by molar-refractivity contribution is 0.415. The van der Waals surface area contributed by atoms with E-state index in [0.717, 1.165) is 28.3 Å². The van der Waals surface area contributed by atoms with Gasteiger partial charge in [-0.3, -0.25) is 4.40 Å². The number of rotatable bonds is 3. The first kappa shape index (κ1) is 11.6. The molecule has 0 aliphatic carbocycles. The number of ether oxygens (including phenoxy) is 1. The number of hydrogen-bond acceptors (Lipinski definition) is 3. The highest BCUT2D eigenvalue weighted by molar-refractivity contribution is 5.66. The molecule has 1 N–H and O–H groups in total. The van der Waals surface area contributed by atoms with Crippen LogP contribution in [0, 0.1) is 0 Å². The number of imidazole rings is 1. The number of nitrogens with one attached hydrogen (secondary N) is 1. The lowest BCUT2D eigenvalue weighted by Crippen LogP contribution is -1.92. The average molecular weight is 253 g/mol. The van der Waals surface area contributed by atoms with Crippen molar-refractivity contribution in [1.82, 2.24) is 9.38 Å². The summed E-state index contributed by atoms with van der Waals surface area (Å²) in [7, 11) is 3.58. The molecule has 0 saturated carbocycles. The summed E-state index contributed by atoms with van der Waals surface area (Å²) in [4.78, 5) is 4.50. The third-order valence-corrected chi connectivity index (χ3v) is 3.15. The molecule has 0 bridgehead atoms. The van der Waals surface area contributed by atoms with Gasteiger partial charge in [0.15, 0.2) is 0 Å². The number of hydrogen-bond donors (Lipinski definition) is 1. The van der Waals surface area contributed by atoms with Gasteiger partial charge in [0.05, 0.1) is 18.8 Å². The zero-order valence-electron chi connectivity index (χ0n) is 10.9. The maximum atomic E-state index is 5.25. The van der Waals surface area contributed by atoms with Crippen LogP contribution in [0.25, 0.3) is 16.9 Å². The second-order valence-electron chi connectivity index (χ2n) is 4.27. The molecule has 96 valence electrons. The molecule has 2 aromatic heterocycles. The molecule has 0 aliphatic rings. The number of nitrogens with zero attached hydrogens (tertiary/aromatic N) is 2. The smallest absolute Gasteiger partial charge is 0.144 e. The number of benzene rings is 1. The summed E-state index contributed by atoms with van der Waals surface area (Å²) in [5.74, 6) is 1.75. The van der Waals surface area contributed by atoms with Crippen molar-refractivity contribution in [3.63, 3.8) is 0 Å². The summed E-state index contributed by atoms with van der Waals surface area (Å²) in [6, 6.07) is 12.0. The van der Waals surface area contributed by atoms with Gasteiger partial charge in [-0.05, 0) is 24.3 Å². The number of aromatic nitrogens is 2. The Morgan fingerprint density at radius 2 is 2.11 bits per heavy atom. The van der Waals surface area contributed by atoms with Crippen molar-refractivity contribution in [2.24, 2.45) is 0 Å². The Kier molecular flexibility index (Phi) is 2.83. The Balaban J connectivity index is 2.14. The zero-order valence-corrected chi connectivity index (χ0v) is 10.9. The molecule has 0 unspecified atom stereocenters. The molecule has 0 radical (unpaired) electrons. The second kappa shape index (κ2) is 4.65. The Bertz CT molecular complexity index is 718. The van der Waals surface area contributed by atoms with Crippen LogP contribution < -0.4 is 10.1 Å². The highest BCUT2D eigenvalue weighted by Crippen LogP contribution is 2.24. The van der Waals surface area contributed by atoms with Gasteiger partial charge in [0.1, 0.15) is 11.6 Å². The van der Waals surface area contributed by atoms with Gasteiger partial charge in [-0.1, -0.05) is 12.1 Å². The molecule has 3 aromatic rings. The van der Waals surface area contributed by atoms with Gasteiger partial charge in [-0.2, -0.15) is 0 Å². The Labute approximate surface area is 111 Å². The van der Waals surface area contributed by atoms with Gasteiger partial charge in [0.25, 0.3) is 0 Å². The first-order chi connectivity index (χ1) is 9.31. The minimum atomic E-state index is 0.834. The molecule has 4 heteroatoms. The molecule has 19 heavy (non-hydrogen) atoms. The Morgan fingerprint density at radius 1 is 1.21 bits per heavy atom. The fourth-order valence-corrected chi connectivity index (χ4v) is 2.13. The normalized spacial score (nSPS) is 10.6. The van der Waals surface area contributed by atoms with Crippen molar-refractivity contribution in [2.45, 2.75) is 0 Å². The van der Waals surface area contributed by atoms with E-state index in [4.69, 9.17) is 4.74 Å². The highest BCUT2D eigenvalue weighted by atomic mass is 16.5. The lowest BCUT2D eigenvalue weighted by Gasteiger charge is -2.05. The molecule has 2 heterocycles. The molecular formula is C15H15N3O. The summed E-state index contributed by atoms with van der Waals surface area (Å²) >= 11 is 0.